The maximum atomic E-state index is 13.1. The van der Waals surface area contributed by atoms with Crippen molar-refractivity contribution in [2.24, 2.45) is 0 Å². The third-order valence-electron chi connectivity index (χ3n) is 4.07. The molecule has 0 saturated heterocycles. The minimum atomic E-state index is -0.214. The molecule has 2 heterocycles. The average Bonchev–Trinajstić information content (AvgIpc) is 2.95. The number of rotatable bonds is 7. The molecular formula is C19H22N4O2. The number of H-pyrrole nitrogens is 1. The monoisotopic (exact) mass is 338 g/mol. The van der Waals surface area contributed by atoms with Gasteiger partial charge in [-0.25, -0.2) is 0 Å². The number of nitriles is 1. The van der Waals surface area contributed by atoms with Gasteiger partial charge in [0, 0.05) is 24.0 Å². The highest BCUT2D eigenvalue weighted by Crippen LogP contribution is 2.22. The summed E-state index contributed by atoms with van der Waals surface area (Å²) in [6.45, 7) is 5.85. The fraction of sp³-hybridized carbons (Fsp3) is 0.368. The lowest BCUT2D eigenvalue weighted by atomic mass is 10.0. The van der Waals surface area contributed by atoms with Crippen LogP contribution >= 0.6 is 0 Å². The lowest BCUT2D eigenvalue weighted by Gasteiger charge is -2.21. The Labute approximate surface area is 147 Å². The normalized spacial score (nSPS) is 10.3. The molecule has 0 aliphatic heterocycles. The second-order valence-electron chi connectivity index (χ2n) is 5.84. The Bertz CT molecular complexity index is 803. The first-order chi connectivity index (χ1) is 12.0. The van der Waals surface area contributed by atoms with E-state index in [9.17, 15) is 9.59 Å². The Morgan fingerprint density at radius 2 is 2.12 bits per heavy atom. The first-order valence-corrected chi connectivity index (χ1v) is 8.28. The lowest BCUT2D eigenvalue weighted by molar-refractivity contribution is 0.0738. The number of nitrogens with one attached hydrogen (secondary N) is 1. The smallest absolute Gasteiger partial charge is 0.270 e. The summed E-state index contributed by atoms with van der Waals surface area (Å²) < 4.78 is 0. The third-order valence-corrected chi connectivity index (χ3v) is 4.07. The second-order valence-corrected chi connectivity index (χ2v) is 5.84. The van der Waals surface area contributed by atoms with Crippen LogP contribution in [0.4, 0.5) is 0 Å². The molecule has 0 spiro atoms. The molecule has 2 rings (SSSR count). The average molecular weight is 338 g/mol. The van der Waals surface area contributed by atoms with Gasteiger partial charge in [0.2, 0.25) is 0 Å². The molecule has 1 N–H and O–H groups in total. The summed E-state index contributed by atoms with van der Waals surface area (Å²) in [7, 11) is 0. The van der Waals surface area contributed by atoms with E-state index >= 15 is 0 Å². The number of hydrogen-bond acceptors (Lipinski definition) is 4. The van der Waals surface area contributed by atoms with Crippen LogP contribution in [-0.2, 0) is 13.0 Å². The number of hydrogen-bond donors (Lipinski definition) is 1. The van der Waals surface area contributed by atoms with E-state index in [0.717, 1.165) is 11.3 Å². The van der Waals surface area contributed by atoms with Gasteiger partial charge in [-0.2, -0.15) is 5.26 Å². The number of Topliss-reactive ketones (excluding diaryl/α,β-unsaturated/α-hetero) is 1. The van der Waals surface area contributed by atoms with E-state index in [2.05, 4.69) is 16.0 Å². The fourth-order valence-corrected chi connectivity index (χ4v) is 2.97. The van der Waals surface area contributed by atoms with Crippen molar-refractivity contribution in [3.63, 3.8) is 0 Å². The minimum absolute atomic E-state index is 0.0575. The van der Waals surface area contributed by atoms with Gasteiger partial charge in [0.1, 0.15) is 5.69 Å². The summed E-state index contributed by atoms with van der Waals surface area (Å²) in [5, 5.41) is 8.90. The van der Waals surface area contributed by atoms with Gasteiger partial charge in [-0.15, -0.1) is 0 Å². The van der Waals surface area contributed by atoms with Crippen LogP contribution < -0.4 is 0 Å². The predicted molar refractivity (Wildman–Crippen MR) is 94.1 cm³/mol. The van der Waals surface area contributed by atoms with E-state index < -0.39 is 0 Å². The molecule has 2 aromatic rings. The summed E-state index contributed by atoms with van der Waals surface area (Å²) in [6, 6.07) is 7.59. The van der Waals surface area contributed by atoms with E-state index in [4.69, 9.17) is 5.26 Å². The molecule has 25 heavy (non-hydrogen) atoms. The second kappa shape index (κ2) is 8.25. The van der Waals surface area contributed by atoms with Crippen LogP contribution in [0, 0.1) is 18.3 Å². The molecule has 0 unspecified atom stereocenters. The Balaban J connectivity index is 2.38. The van der Waals surface area contributed by atoms with Crippen LogP contribution in [0.25, 0.3) is 0 Å². The van der Waals surface area contributed by atoms with Crippen molar-refractivity contribution in [3.8, 4) is 6.07 Å². The molecule has 1 amide bonds. The Hall–Kier alpha value is -2.94. The number of aromatic nitrogens is 2. The van der Waals surface area contributed by atoms with Crippen LogP contribution in [0.1, 0.15) is 58.1 Å². The summed E-state index contributed by atoms with van der Waals surface area (Å²) in [6.07, 6.45) is 2.49. The van der Waals surface area contributed by atoms with Gasteiger partial charge in [-0.3, -0.25) is 14.6 Å². The molecule has 0 radical (unpaired) electrons. The van der Waals surface area contributed by atoms with E-state index in [0.29, 0.717) is 36.5 Å². The topological polar surface area (TPSA) is 89.8 Å². The fourth-order valence-electron chi connectivity index (χ4n) is 2.97. The number of aromatic amines is 1. The van der Waals surface area contributed by atoms with Crippen molar-refractivity contribution < 1.29 is 9.59 Å². The number of carbonyl (C=O) groups excluding carboxylic acids is 2. The summed E-state index contributed by atoms with van der Waals surface area (Å²) in [5.41, 5.74) is 3.20. The number of carbonyl (C=O) groups is 2. The van der Waals surface area contributed by atoms with E-state index in [1.54, 1.807) is 18.0 Å². The number of ketones is 1. The molecule has 2 aromatic heterocycles. The van der Waals surface area contributed by atoms with Gasteiger partial charge in [0.25, 0.3) is 5.91 Å². The van der Waals surface area contributed by atoms with Crippen molar-refractivity contribution in [2.75, 3.05) is 6.54 Å². The quantitative estimate of drug-likeness (QED) is 0.786. The van der Waals surface area contributed by atoms with E-state index in [1.165, 1.54) is 6.92 Å². The Kier molecular flexibility index (Phi) is 6.07. The predicted octanol–water partition coefficient (Wildman–Crippen LogP) is 3.04. The lowest BCUT2D eigenvalue weighted by Crippen LogP contribution is -2.32. The molecule has 0 aliphatic carbocycles. The van der Waals surface area contributed by atoms with Gasteiger partial charge in [0.15, 0.2) is 5.78 Å². The number of nitrogens with zero attached hydrogens (tertiary/aromatic N) is 3. The Morgan fingerprint density at radius 3 is 2.68 bits per heavy atom. The summed E-state index contributed by atoms with van der Waals surface area (Å²) in [5.74, 6) is -0.272. The molecule has 0 bridgehead atoms. The minimum Gasteiger partial charge on any atom is -0.354 e. The van der Waals surface area contributed by atoms with Crippen LogP contribution in [-0.4, -0.2) is 33.1 Å². The Morgan fingerprint density at radius 1 is 1.36 bits per heavy atom. The van der Waals surface area contributed by atoms with Crippen LogP contribution in [0.5, 0.6) is 0 Å². The number of pyridine rings is 1. The van der Waals surface area contributed by atoms with Crippen molar-refractivity contribution in [1.29, 1.82) is 5.26 Å². The molecule has 0 saturated carbocycles. The van der Waals surface area contributed by atoms with Crippen LogP contribution in [0.15, 0.2) is 24.4 Å². The van der Waals surface area contributed by atoms with Crippen molar-refractivity contribution in [1.82, 2.24) is 14.9 Å². The molecule has 0 fully saturated rings. The third kappa shape index (κ3) is 4.13. The van der Waals surface area contributed by atoms with E-state index in [-0.39, 0.29) is 18.1 Å². The first kappa shape index (κ1) is 18.4. The van der Waals surface area contributed by atoms with Crippen LogP contribution in [0.2, 0.25) is 0 Å². The molecule has 130 valence electrons. The maximum Gasteiger partial charge on any atom is 0.270 e. The zero-order valence-corrected chi connectivity index (χ0v) is 14.8. The molecule has 0 atom stereocenters. The largest absolute Gasteiger partial charge is 0.354 e. The molecule has 6 heteroatoms. The van der Waals surface area contributed by atoms with Gasteiger partial charge < -0.3 is 9.88 Å². The highest BCUT2D eigenvalue weighted by atomic mass is 16.2. The van der Waals surface area contributed by atoms with Crippen molar-refractivity contribution >= 4 is 11.7 Å². The number of aryl methyl sites for hydroxylation is 1. The zero-order chi connectivity index (χ0) is 18.4. The first-order valence-electron chi connectivity index (χ1n) is 8.28. The molecular weight excluding hydrogens is 316 g/mol. The van der Waals surface area contributed by atoms with E-state index in [1.807, 2.05) is 25.1 Å². The molecule has 0 aromatic carbocycles. The standard InChI is InChI=1S/C19H22N4O2/c1-4-16-17(14(3)24)13(2)22-18(16)19(25)23(11-7-9-20)12-15-8-5-6-10-21-15/h5-6,8,10,22H,4,7,11-12H2,1-3H3. The van der Waals surface area contributed by atoms with Gasteiger partial charge in [0.05, 0.1) is 24.7 Å². The summed E-state index contributed by atoms with van der Waals surface area (Å²) in [4.78, 5) is 33.9. The molecule has 0 aliphatic rings. The van der Waals surface area contributed by atoms with Crippen molar-refractivity contribution in [2.45, 2.75) is 40.2 Å². The maximum absolute atomic E-state index is 13.1. The van der Waals surface area contributed by atoms with Gasteiger partial charge in [-0.1, -0.05) is 13.0 Å². The highest BCUT2D eigenvalue weighted by Gasteiger charge is 2.25. The van der Waals surface area contributed by atoms with Crippen LogP contribution in [0.3, 0.4) is 0 Å². The van der Waals surface area contributed by atoms with Crippen molar-refractivity contribution in [3.05, 3.63) is 52.6 Å². The van der Waals surface area contributed by atoms with Gasteiger partial charge in [-0.05, 0) is 38.0 Å². The SMILES string of the molecule is CCc1c(C(=O)N(CCC#N)Cc2ccccn2)[nH]c(C)c1C(C)=O. The van der Waals surface area contributed by atoms with Gasteiger partial charge >= 0.3 is 0 Å². The zero-order valence-electron chi connectivity index (χ0n) is 14.8. The summed E-state index contributed by atoms with van der Waals surface area (Å²) >= 11 is 0. The highest BCUT2D eigenvalue weighted by molar-refractivity contribution is 6.02. The number of amides is 1. The molecule has 6 nitrogen and oxygen atoms in total.